The third-order valence-corrected chi connectivity index (χ3v) is 4.60. The highest BCUT2D eigenvalue weighted by Gasteiger charge is 2.17. The Kier molecular flexibility index (Phi) is 5.87. The Hall–Kier alpha value is -3.14. The molecule has 0 aliphatic heterocycles. The number of carbonyl (C=O) groups is 1. The summed E-state index contributed by atoms with van der Waals surface area (Å²) >= 11 is 0. The van der Waals surface area contributed by atoms with Gasteiger partial charge in [0.1, 0.15) is 5.69 Å². The fourth-order valence-electron chi connectivity index (χ4n) is 3.04. The van der Waals surface area contributed by atoms with Crippen molar-refractivity contribution in [2.75, 3.05) is 16.8 Å². The van der Waals surface area contributed by atoms with E-state index in [9.17, 15) is 4.79 Å². The first kappa shape index (κ1) is 18.6. The van der Waals surface area contributed by atoms with Crippen molar-refractivity contribution in [1.82, 2.24) is 4.98 Å². The van der Waals surface area contributed by atoms with Crippen LogP contribution in [0.2, 0.25) is 0 Å². The number of nitrogens with one attached hydrogen (secondary N) is 1. The van der Waals surface area contributed by atoms with Crippen molar-refractivity contribution in [3.05, 3.63) is 89.2 Å². The molecule has 0 unspecified atom stereocenters. The van der Waals surface area contributed by atoms with E-state index in [-0.39, 0.29) is 5.91 Å². The van der Waals surface area contributed by atoms with E-state index < -0.39 is 0 Å². The highest BCUT2D eigenvalue weighted by atomic mass is 16.2. The van der Waals surface area contributed by atoms with Crippen molar-refractivity contribution in [2.45, 2.75) is 27.3 Å². The van der Waals surface area contributed by atoms with Gasteiger partial charge in [0.15, 0.2) is 0 Å². The molecule has 2 aromatic carbocycles. The molecule has 27 heavy (non-hydrogen) atoms. The molecule has 0 saturated heterocycles. The fraction of sp³-hybridized carbons (Fsp3) is 0.217. The SMILES string of the molecule is CCN(C(=O)c1cc(NCc2ccccc2C)ccn1)c1cccc(C)c1. The minimum absolute atomic E-state index is 0.0948. The van der Waals surface area contributed by atoms with Crippen LogP contribution in [0.5, 0.6) is 0 Å². The standard InChI is InChI=1S/C23H25N3O/c1-4-26(21-11-7-8-17(2)14-21)23(27)22-15-20(12-13-24-22)25-16-19-10-6-5-9-18(19)3/h5-15H,4,16H2,1-3H3,(H,24,25). The van der Waals surface area contributed by atoms with Crippen LogP contribution in [0.15, 0.2) is 66.9 Å². The lowest BCUT2D eigenvalue weighted by molar-refractivity contribution is 0.0983. The predicted molar refractivity (Wildman–Crippen MR) is 111 cm³/mol. The van der Waals surface area contributed by atoms with E-state index in [4.69, 9.17) is 0 Å². The lowest BCUT2D eigenvalue weighted by atomic mass is 10.1. The molecule has 0 aliphatic carbocycles. The first-order chi connectivity index (χ1) is 13.1. The Balaban J connectivity index is 1.77. The van der Waals surface area contributed by atoms with Crippen molar-refractivity contribution in [1.29, 1.82) is 0 Å². The van der Waals surface area contributed by atoms with Crippen LogP contribution in [0.25, 0.3) is 0 Å². The molecule has 1 amide bonds. The topological polar surface area (TPSA) is 45.2 Å². The Bertz CT molecular complexity index is 936. The van der Waals surface area contributed by atoms with Crippen LogP contribution in [-0.2, 0) is 6.54 Å². The van der Waals surface area contributed by atoms with Crippen LogP contribution in [-0.4, -0.2) is 17.4 Å². The smallest absolute Gasteiger partial charge is 0.276 e. The van der Waals surface area contributed by atoms with Gasteiger partial charge in [0.05, 0.1) is 0 Å². The zero-order valence-corrected chi connectivity index (χ0v) is 16.1. The maximum Gasteiger partial charge on any atom is 0.276 e. The third-order valence-electron chi connectivity index (χ3n) is 4.60. The Morgan fingerprint density at radius 2 is 1.85 bits per heavy atom. The van der Waals surface area contributed by atoms with E-state index in [0.29, 0.717) is 18.8 Å². The highest BCUT2D eigenvalue weighted by Crippen LogP contribution is 2.19. The maximum absolute atomic E-state index is 13.0. The summed E-state index contributed by atoms with van der Waals surface area (Å²) in [7, 11) is 0. The molecule has 0 saturated carbocycles. The number of rotatable bonds is 6. The van der Waals surface area contributed by atoms with Gasteiger partial charge < -0.3 is 10.2 Å². The summed E-state index contributed by atoms with van der Waals surface area (Å²) in [6, 6.07) is 19.9. The molecule has 1 N–H and O–H groups in total. The van der Waals surface area contributed by atoms with Gasteiger partial charge in [-0.1, -0.05) is 36.4 Å². The van der Waals surface area contributed by atoms with Gasteiger partial charge in [-0.15, -0.1) is 0 Å². The minimum atomic E-state index is -0.0948. The number of nitrogens with zero attached hydrogens (tertiary/aromatic N) is 2. The fourth-order valence-corrected chi connectivity index (χ4v) is 3.04. The van der Waals surface area contributed by atoms with Crippen molar-refractivity contribution in [2.24, 2.45) is 0 Å². The first-order valence-corrected chi connectivity index (χ1v) is 9.21. The number of carbonyl (C=O) groups excluding carboxylic acids is 1. The van der Waals surface area contributed by atoms with Crippen LogP contribution < -0.4 is 10.2 Å². The van der Waals surface area contributed by atoms with Gasteiger partial charge in [-0.2, -0.15) is 0 Å². The summed E-state index contributed by atoms with van der Waals surface area (Å²) in [6.45, 7) is 7.39. The Morgan fingerprint density at radius 1 is 1.04 bits per heavy atom. The van der Waals surface area contributed by atoms with Crippen molar-refractivity contribution < 1.29 is 4.79 Å². The number of hydrogen-bond acceptors (Lipinski definition) is 3. The molecule has 0 atom stereocenters. The second kappa shape index (κ2) is 8.49. The van der Waals surface area contributed by atoms with Gasteiger partial charge in [0.25, 0.3) is 5.91 Å². The van der Waals surface area contributed by atoms with Gasteiger partial charge in [-0.05, 0) is 61.7 Å². The summed E-state index contributed by atoms with van der Waals surface area (Å²) in [5.41, 5.74) is 5.82. The largest absolute Gasteiger partial charge is 0.381 e. The van der Waals surface area contributed by atoms with Crippen LogP contribution in [0.1, 0.15) is 34.1 Å². The molecule has 4 nitrogen and oxygen atoms in total. The molecule has 4 heteroatoms. The molecule has 1 heterocycles. The summed E-state index contributed by atoms with van der Waals surface area (Å²) in [5.74, 6) is -0.0948. The predicted octanol–water partition coefficient (Wildman–Crippen LogP) is 4.98. The van der Waals surface area contributed by atoms with Gasteiger partial charge in [-0.25, -0.2) is 0 Å². The second-order valence-electron chi connectivity index (χ2n) is 6.60. The van der Waals surface area contributed by atoms with E-state index in [1.807, 2.05) is 62.4 Å². The Morgan fingerprint density at radius 3 is 2.59 bits per heavy atom. The van der Waals surface area contributed by atoms with Crippen LogP contribution in [0, 0.1) is 13.8 Å². The van der Waals surface area contributed by atoms with E-state index in [0.717, 1.165) is 16.9 Å². The van der Waals surface area contributed by atoms with Crippen LogP contribution >= 0.6 is 0 Å². The number of benzene rings is 2. The zero-order chi connectivity index (χ0) is 19.2. The van der Waals surface area contributed by atoms with Gasteiger partial charge in [0.2, 0.25) is 0 Å². The highest BCUT2D eigenvalue weighted by molar-refractivity contribution is 6.05. The van der Waals surface area contributed by atoms with Gasteiger partial charge in [0, 0.05) is 30.7 Å². The lowest BCUT2D eigenvalue weighted by Crippen LogP contribution is -2.31. The van der Waals surface area contributed by atoms with Crippen molar-refractivity contribution in [3.8, 4) is 0 Å². The molecular weight excluding hydrogens is 334 g/mol. The summed E-state index contributed by atoms with van der Waals surface area (Å²) in [4.78, 5) is 19.1. The monoisotopic (exact) mass is 359 g/mol. The lowest BCUT2D eigenvalue weighted by Gasteiger charge is -2.21. The Labute approximate surface area is 160 Å². The number of pyridine rings is 1. The van der Waals surface area contributed by atoms with E-state index >= 15 is 0 Å². The maximum atomic E-state index is 13.0. The number of aromatic nitrogens is 1. The first-order valence-electron chi connectivity index (χ1n) is 9.21. The molecule has 0 spiro atoms. The third kappa shape index (κ3) is 4.53. The number of amides is 1. The molecule has 138 valence electrons. The minimum Gasteiger partial charge on any atom is -0.381 e. The van der Waals surface area contributed by atoms with E-state index in [1.54, 1.807) is 11.1 Å². The normalized spacial score (nSPS) is 10.5. The van der Waals surface area contributed by atoms with E-state index in [2.05, 4.69) is 29.4 Å². The van der Waals surface area contributed by atoms with Gasteiger partial charge in [-0.3, -0.25) is 9.78 Å². The molecule has 0 radical (unpaired) electrons. The van der Waals surface area contributed by atoms with Crippen molar-refractivity contribution >= 4 is 17.3 Å². The molecule has 1 aromatic heterocycles. The average molecular weight is 359 g/mol. The molecule has 3 rings (SSSR count). The van der Waals surface area contributed by atoms with Crippen LogP contribution in [0.3, 0.4) is 0 Å². The molecule has 0 fully saturated rings. The number of hydrogen-bond donors (Lipinski definition) is 1. The molecule has 0 aliphatic rings. The number of anilines is 2. The number of aryl methyl sites for hydroxylation is 2. The molecular formula is C23H25N3O. The summed E-state index contributed by atoms with van der Waals surface area (Å²) in [5, 5.41) is 3.39. The second-order valence-corrected chi connectivity index (χ2v) is 6.60. The van der Waals surface area contributed by atoms with Crippen LogP contribution in [0.4, 0.5) is 11.4 Å². The quantitative estimate of drug-likeness (QED) is 0.675. The average Bonchev–Trinajstić information content (AvgIpc) is 2.68. The van der Waals surface area contributed by atoms with Crippen molar-refractivity contribution in [3.63, 3.8) is 0 Å². The summed E-state index contributed by atoms with van der Waals surface area (Å²) < 4.78 is 0. The molecule has 0 bridgehead atoms. The van der Waals surface area contributed by atoms with E-state index in [1.165, 1.54) is 11.1 Å². The van der Waals surface area contributed by atoms with Gasteiger partial charge >= 0.3 is 0 Å². The summed E-state index contributed by atoms with van der Waals surface area (Å²) in [6.07, 6.45) is 1.68. The zero-order valence-electron chi connectivity index (χ0n) is 16.1. The molecule has 3 aromatic rings.